The molecule has 0 saturated carbocycles. The highest BCUT2D eigenvalue weighted by molar-refractivity contribution is 5.83. The molecule has 2 N–H and O–H groups in total. The zero-order chi connectivity index (χ0) is 11.9. The zero-order valence-corrected chi connectivity index (χ0v) is 9.22. The minimum absolute atomic E-state index is 0.296. The first-order chi connectivity index (χ1) is 8.36. The maximum absolute atomic E-state index is 9.91. The van der Waals surface area contributed by atoms with Crippen molar-refractivity contribution < 1.29 is 9.53 Å². The highest BCUT2D eigenvalue weighted by Gasteiger charge is 2.06. The molecular formula is C12H13N3O2. The molecule has 0 aromatic heterocycles. The number of para-hydroxylation sites is 1. The first-order valence-corrected chi connectivity index (χ1v) is 5.31. The molecule has 0 bridgehead atoms. The minimum Gasteiger partial charge on any atom is -0.448 e. The Hall–Kier alpha value is -2.30. The highest BCUT2D eigenvalue weighted by Crippen LogP contribution is 2.17. The molecule has 5 nitrogen and oxygen atoms in total. The number of ether oxygens (including phenoxy) is 1. The number of anilines is 1. The van der Waals surface area contributed by atoms with Crippen LogP contribution in [0.3, 0.4) is 0 Å². The summed E-state index contributed by atoms with van der Waals surface area (Å²) in [6.45, 7) is 1.19. The molecule has 2 aliphatic heterocycles. The quantitative estimate of drug-likeness (QED) is 0.716. The van der Waals surface area contributed by atoms with E-state index in [1.807, 2.05) is 36.4 Å². The van der Waals surface area contributed by atoms with Gasteiger partial charge in [0.15, 0.2) is 0 Å². The molecule has 17 heavy (non-hydrogen) atoms. The second-order valence-electron chi connectivity index (χ2n) is 3.40. The van der Waals surface area contributed by atoms with E-state index >= 15 is 0 Å². The van der Waals surface area contributed by atoms with Gasteiger partial charge in [0.2, 0.25) is 0 Å². The number of hydrazone groups is 1. The fourth-order valence-electron chi connectivity index (χ4n) is 1.39. The van der Waals surface area contributed by atoms with Gasteiger partial charge in [-0.1, -0.05) is 24.3 Å². The van der Waals surface area contributed by atoms with Gasteiger partial charge in [-0.25, -0.2) is 4.79 Å². The Bertz CT molecular complexity index is 447. The Morgan fingerprint density at radius 1 is 1.29 bits per heavy atom. The third-order valence-electron chi connectivity index (χ3n) is 2.19. The largest absolute Gasteiger partial charge is 0.448 e. The number of nitrogens with one attached hydrogen (secondary N) is 2. The fourth-order valence-corrected chi connectivity index (χ4v) is 1.39. The summed E-state index contributed by atoms with van der Waals surface area (Å²) in [6, 6.07) is 8.05. The third-order valence-corrected chi connectivity index (χ3v) is 2.19. The summed E-state index contributed by atoms with van der Waals surface area (Å²) in [5.74, 6) is 0. The van der Waals surface area contributed by atoms with Crippen LogP contribution in [0.5, 0.6) is 0 Å². The molecule has 2 heterocycles. The molecule has 5 heteroatoms. The van der Waals surface area contributed by atoms with Gasteiger partial charge >= 0.3 is 6.09 Å². The molecule has 1 aromatic rings. The van der Waals surface area contributed by atoms with E-state index in [0.29, 0.717) is 13.2 Å². The number of rotatable bonds is 0. The number of carbonyl (C=O) groups is 1. The lowest BCUT2D eigenvalue weighted by molar-refractivity contribution is 0.178. The molecule has 0 atom stereocenters. The predicted octanol–water partition coefficient (Wildman–Crippen LogP) is 1.84. The summed E-state index contributed by atoms with van der Waals surface area (Å²) in [6.07, 6.45) is 5.38. The Morgan fingerprint density at radius 3 is 2.88 bits per heavy atom. The third kappa shape index (κ3) is 3.34. The van der Waals surface area contributed by atoms with Crippen molar-refractivity contribution in [2.45, 2.75) is 0 Å². The SMILES string of the molecule is C1=Cc2ccccc2NN=C1.O=C1NCCO1. The van der Waals surface area contributed by atoms with Crippen molar-refractivity contribution in [3.05, 3.63) is 35.9 Å². The normalized spacial score (nSPS) is 15.6. The van der Waals surface area contributed by atoms with Gasteiger partial charge in [-0.3, -0.25) is 5.43 Å². The maximum atomic E-state index is 9.91. The van der Waals surface area contributed by atoms with Crippen molar-refractivity contribution in [1.82, 2.24) is 5.32 Å². The van der Waals surface area contributed by atoms with Crippen LogP contribution in [0.25, 0.3) is 6.08 Å². The average Bonchev–Trinajstić information content (AvgIpc) is 2.70. The van der Waals surface area contributed by atoms with Crippen LogP contribution in [-0.4, -0.2) is 25.5 Å². The summed E-state index contributed by atoms with van der Waals surface area (Å²) in [4.78, 5) is 9.91. The van der Waals surface area contributed by atoms with Crippen molar-refractivity contribution in [2.75, 3.05) is 18.6 Å². The maximum Gasteiger partial charge on any atom is 0.407 e. The fraction of sp³-hybridized carbons (Fsp3) is 0.167. The van der Waals surface area contributed by atoms with E-state index in [1.54, 1.807) is 6.21 Å². The summed E-state index contributed by atoms with van der Waals surface area (Å²) in [5, 5.41) is 6.41. The Balaban J connectivity index is 0.000000153. The van der Waals surface area contributed by atoms with E-state index in [2.05, 4.69) is 20.6 Å². The van der Waals surface area contributed by atoms with Gasteiger partial charge in [0, 0.05) is 6.21 Å². The van der Waals surface area contributed by atoms with Crippen LogP contribution in [0, 0.1) is 0 Å². The van der Waals surface area contributed by atoms with E-state index in [9.17, 15) is 4.79 Å². The van der Waals surface area contributed by atoms with Gasteiger partial charge in [0.1, 0.15) is 6.61 Å². The van der Waals surface area contributed by atoms with Gasteiger partial charge in [0.25, 0.3) is 0 Å². The van der Waals surface area contributed by atoms with Crippen LogP contribution < -0.4 is 10.7 Å². The van der Waals surface area contributed by atoms with Gasteiger partial charge in [-0.2, -0.15) is 5.10 Å². The summed E-state index contributed by atoms with van der Waals surface area (Å²) in [7, 11) is 0. The van der Waals surface area contributed by atoms with Crippen LogP contribution in [-0.2, 0) is 4.74 Å². The van der Waals surface area contributed by atoms with E-state index in [-0.39, 0.29) is 6.09 Å². The first-order valence-electron chi connectivity index (χ1n) is 5.31. The topological polar surface area (TPSA) is 62.7 Å². The number of hydrogen-bond donors (Lipinski definition) is 2. The number of hydrogen-bond acceptors (Lipinski definition) is 4. The molecule has 88 valence electrons. The van der Waals surface area contributed by atoms with E-state index < -0.39 is 0 Å². The molecule has 3 rings (SSSR count). The average molecular weight is 231 g/mol. The predicted molar refractivity (Wildman–Crippen MR) is 66.9 cm³/mol. The van der Waals surface area contributed by atoms with E-state index in [1.165, 1.54) is 5.56 Å². The van der Waals surface area contributed by atoms with Gasteiger partial charge in [-0.15, -0.1) is 0 Å². The van der Waals surface area contributed by atoms with Crippen LogP contribution in [0.4, 0.5) is 10.5 Å². The molecule has 1 saturated heterocycles. The second-order valence-corrected chi connectivity index (χ2v) is 3.40. The minimum atomic E-state index is -0.296. The second kappa shape index (κ2) is 5.69. The number of benzene rings is 1. The highest BCUT2D eigenvalue weighted by atomic mass is 16.6. The van der Waals surface area contributed by atoms with Crippen LogP contribution in [0.15, 0.2) is 35.4 Å². The molecule has 0 aliphatic carbocycles. The standard InChI is InChI=1S/C9H8N2.C3H5NO2/c1-2-6-9-8(4-1)5-3-7-10-11-9;5-3-4-1-2-6-3/h1-7,11H;1-2H2,(H,4,5). The lowest BCUT2D eigenvalue weighted by Gasteiger charge is -2.00. The summed E-state index contributed by atoms with van der Waals surface area (Å²) in [5.41, 5.74) is 5.16. The number of cyclic esters (lactones) is 1. The number of nitrogens with zero attached hydrogens (tertiary/aromatic N) is 1. The zero-order valence-electron chi connectivity index (χ0n) is 9.22. The Morgan fingerprint density at radius 2 is 2.18 bits per heavy atom. The van der Waals surface area contributed by atoms with Gasteiger partial charge in [0.05, 0.1) is 12.2 Å². The molecule has 1 fully saturated rings. The number of fused-ring (bicyclic) bond motifs is 1. The number of allylic oxidation sites excluding steroid dienone is 1. The van der Waals surface area contributed by atoms with Crippen molar-refractivity contribution in [3.63, 3.8) is 0 Å². The molecule has 0 radical (unpaired) electrons. The van der Waals surface area contributed by atoms with Gasteiger partial charge in [-0.05, 0) is 17.7 Å². The van der Waals surface area contributed by atoms with Crippen molar-refractivity contribution in [1.29, 1.82) is 0 Å². The molecule has 1 aromatic carbocycles. The summed E-state index contributed by atoms with van der Waals surface area (Å²) < 4.78 is 4.40. The van der Waals surface area contributed by atoms with Gasteiger partial charge < -0.3 is 10.1 Å². The Kier molecular flexibility index (Phi) is 3.75. The number of alkyl carbamates (subject to hydrolysis) is 1. The summed E-state index contributed by atoms with van der Waals surface area (Å²) >= 11 is 0. The molecular weight excluding hydrogens is 218 g/mol. The van der Waals surface area contributed by atoms with Crippen LogP contribution in [0.1, 0.15) is 5.56 Å². The number of amides is 1. The Labute approximate surface area is 99.2 Å². The van der Waals surface area contributed by atoms with Crippen LogP contribution >= 0.6 is 0 Å². The van der Waals surface area contributed by atoms with E-state index in [0.717, 1.165) is 5.69 Å². The first kappa shape index (κ1) is 11.2. The van der Waals surface area contributed by atoms with E-state index in [4.69, 9.17) is 0 Å². The monoisotopic (exact) mass is 231 g/mol. The molecule has 2 aliphatic rings. The van der Waals surface area contributed by atoms with Crippen molar-refractivity contribution in [3.8, 4) is 0 Å². The lowest BCUT2D eigenvalue weighted by Crippen LogP contribution is -2.11. The smallest absolute Gasteiger partial charge is 0.407 e. The van der Waals surface area contributed by atoms with Crippen molar-refractivity contribution in [2.24, 2.45) is 5.10 Å². The van der Waals surface area contributed by atoms with Crippen molar-refractivity contribution >= 4 is 24.1 Å². The lowest BCUT2D eigenvalue weighted by atomic mass is 10.2. The molecule has 0 unspecified atom stereocenters. The molecule has 1 amide bonds. The number of carbonyl (C=O) groups excluding carboxylic acids is 1. The van der Waals surface area contributed by atoms with Crippen LogP contribution in [0.2, 0.25) is 0 Å². The molecule has 0 spiro atoms.